The van der Waals surface area contributed by atoms with Gasteiger partial charge in [-0.2, -0.15) is 0 Å². The molecule has 8 heteroatoms. The number of hydrogen-bond acceptors (Lipinski definition) is 5. The number of carbonyl (C=O) groups is 3. The Morgan fingerprint density at radius 2 is 1.83 bits per heavy atom. The molecule has 1 aliphatic rings. The van der Waals surface area contributed by atoms with E-state index in [9.17, 15) is 14.4 Å². The summed E-state index contributed by atoms with van der Waals surface area (Å²) in [6.07, 6.45) is 2.84. The number of nitrogens with one attached hydrogen (secondary N) is 1. The van der Waals surface area contributed by atoms with Gasteiger partial charge in [-0.25, -0.2) is 0 Å². The molecule has 0 bridgehead atoms. The fourth-order valence-electron chi connectivity index (χ4n) is 2.75. The quantitative estimate of drug-likeness (QED) is 0.551. The molecule has 0 aliphatic heterocycles. The molecule has 0 aromatic rings. The number of carbonyl (C=O) groups excluding carboxylic acids is 2. The Hall–Kier alpha value is -1.67. The first-order valence-corrected chi connectivity index (χ1v) is 8.26. The van der Waals surface area contributed by atoms with Crippen molar-refractivity contribution in [2.24, 2.45) is 5.92 Å². The lowest BCUT2D eigenvalue weighted by Gasteiger charge is -2.30. The molecule has 1 rings (SSSR count). The topological polar surface area (TPSA) is 105 Å². The second kappa shape index (κ2) is 11.0. The minimum Gasteiger partial charge on any atom is -0.481 e. The van der Waals surface area contributed by atoms with E-state index in [-0.39, 0.29) is 43.3 Å². The van der Waals surface area contributed by atoms with Gasteiger partial charge in [-0.15, -0.1) is 0 Å². The van der Waals surface area contributed by atoms with Crippen LogP contribution in [-0.4, -0.2) is 74.4 Å². The molecule has 1 aliphatic carbocycles. The van der Waals surface area contributed by atoms with Crippen LogP contribution >= 0.6 is 0 Å². The van der Waals surface area contributed by atoms with Crippen LogP contribution in [-0.2, 0) is 23.9 Å². The number of rotatable bonds is 10. The van der Waals surface area contributed by atoms with Crippen molar-refractivity contribution in [2.75, 3.05) is 40.5 Å². The van der Waals surface area contributed by atoms with E-state index in [1.54, 1.807) is 14.2 Å². The summed E-state index contributed by atoms with van der Waals surface area (Å²) < 4.78 is 10.0. The van der Waals surface area contributed by atoms with Gasteiger partial charge in [-0.3, -0.25) is 14.4 Å². The highest BCUT2D eigenvalue weighted by Gasteiger charge is 2.28. The minimum absolute atomic E-state index is 0.0103. The van der Waals surface area contributed by atoms with Crippen LogP contribution in [0.4, 0.5) is 0 Å². The first-order chi connectivity index (χ1) is 11.4. The molecule has 0 aromatic heterocycles. The second-order valence-corrected chi connectivity index (χ2v) is 6.06. The second-order valence-electron chi connectivity index (χ2n) is 6.06. The maximum Gasteiger partial charge on any atom is 0.305 e. The first-order valence-electron chi connectivity index (χ1n) is 8.26. The van der Waals surface area contributed by atoms with Gasteiger partial charge in [-0.1, -0.05) is 0 Å². The lowest BCUT2D eigenvalue weighted by atomic mass is 9.85. The first kappa shape index (κ1) is 20.4. The molecular formula is C16H28N2O6. The molecule has 2 amide bonds. The highest BCUT2D eigenvalue weighted by atomic mass is 16.5. The molecule has 8 nitrogen and oxygen atoms in total. The fraction of sp³-hybridized carbons (Fsp3) is 0.812. The Bertz CT molecular complexity index is 421. The van der Waals surface area contributed by atoms with Gasteiger partial charge >= 0.3 is 5.97 Å². The molecule has 1 saturated carbocycles. The Kier molecular flexibility index (Phi) is 9.33. The zero-order valence-corrected chi connectivity index (χ0v) is 14.5. The average molecular weight is 344 g/mol. The summed E-state index contributed by atoms with van der Waals surface area (Å²) in [5.41, 5.74) is 0. The van der Waals surface area contributed by atoms with Gasteiger partial charge in [0.05, 0.1) is 19.6 Å². The van der Waals surface area contributed by atoms with Crippen LogP contribution in [0, 0.1) is 5.92 Å². The summed E-state index contributed by atoms with van der Waals surface area (Å²) in [7, 11) is 3.21. The molecule has 0 unspecified atom stereocenters. The molecule has 138 valence electrons. The predicted molar refractivity (Wildman–Crippen MR) is 86.5 cm³/mol. The van der Waals surface area contributed by atoms with Crippen molar-refractivity contribution in [2.45, 2.75) is 38.1 Å². The van der Waals surface area contributed by atoms with Crippen molar-refractivity contribution in [3.05, 3.63) is 0 Å². The van der Waals surface area contributed by atoms with Crippen LogP contribution < -0.4 is 5.32 Å². The fourth-order valence-corrected chi connectivity index (χ4v) is 2.75. The molecule has 0 saturated heterocycles. The Labute approximate surface area is 142 Å². The molecule has 0 spiro atoms. The predicted octanol–water partition coefficient (Wildman–Crippen LogP) is 0.258. The lowest BCUT2D eigenvalue weighted by Crippen LogP contribution is -2.42. The van der Waals surface area contributed by atoms with Crippen molar-refractivity contribution in [1.29, 1.82) is 0 Å². The molecule has 0 atom stereocenters. The number of hydrogen-bond donors (Lipinski definition) is 2. The number of aliphatic carboxylic acids is 1. The zero-order valence-electron chi connectivity index (χ0n) is 14.5. The van der Waals surface area contributed by atoms with E-state index in [4.69, 9.17) is 14.6 Å². The Balaban J connectivity index is 2.24. The summed E-state index contributed by atoms with van der Waals surface area (Å²) in [6.45, 7) is 1.08. The highest BCUT2D eigenvalue weighted by molar-refractivity contribution is 5.79. The molecule has 24 heavy (non-hydrogen) atoms. The molecule has 0 heterocycles. The van der Waals surface area contributed by atoms with Crippen LogP contribution in [0.15, 0.2) is 0 Å². The number of ether oxygens (including phenoxy) is 2. The number of nitrogens with zero attached hydrogens (tertiary/aromatic N) is 1. The maximum absolute atomic E-state index is 12.3. The number of methoxy groups -OCH3 is 1. The summed E-state index contributed by atoms with van der Waals surface area (Å²) in [5.74, 6) is -1.16. The van der Waals surface area contributed by atoms with Crippen LogP contribution in [0.5, 0.6) is 0 Å². The van der Waals surface area contributed by atoms with E-state index in [0.29, 0.717) is 26.1 Å². The number of carboxylic acids is 1. The molecular weight excluding hydrogens is 316 g/mol. The average Bonchev–Trinajstić information content (AvgIpc) is 2.56. The number of amides is 2. The minimum atomic E-state index is -0.909. The SMILES string of the molecule is COCCOCC(=O)NC1CCC(C(=O)N(C)CCC(=O)O)CC1. The Morgan fingerprint density at radius 3 is 2.42 bits per heavy atom. The monoisotopic (exact) mass is 344 g/mol. The van der Waals surface area contributed by atoms with Crippen molar-refractivity contribution < 1.29 is 29.0 Å². The van der Waals surface area contributed by atoms with E-state index < -0.39 is 5.97 Å². The summed E-state index contributed by atoms with van der Waals surface area (Å²) in [4.78, 5) is 36.0. The largest absolute Gasteiger partial charge is 0.481 e. The van der Waals surface area contributed by atoms with E-state index in [1.165, 1.54) is 4.90 Å². The summed E-state index contributed by atoms with van der Waals surface area (Å²) in [6, 6.07) is 0.0666. The van der Waals surface area contributed by atoms with Crippen molar-refractivity contribution >= 4 is 17.8 Å². The molecule has 2 N–H and O–H groups in total. The van der Waals surface area contributed by atoms with Gasteiger partial charge in [0.1, 0.15) is 6.61 Å². The normalized spacial score (nSPS) is 20.4. The van der Waals surface area contributed by atoms with Crippen LogP contribution in [0.25, 0.3) is 0 Å². The third kappa shape index (κ3) is 7.74. The summed E-state index contributed by atoms with van der Waals surface area (Å²) >= 11 is 0. The third-order valence-corrected chi connectivity index (χ3v) is 4.14. The highest BCUT2D eigenvalue weighted by Crippen LogP contribution is 2.25. The van der Waals surface area contributed by atoms with E-state index in [0.717, 1.165) is 12.8 Å². The van der Waals surface area contributed by atoms with E-state index in [2.05, 4.69) is 5.32 Å². The molecule has 0 radical (unpaired) electrons. The maximum atomic E-state index is 12.3. The Morgan fingerprint density at radius 1 is 1.17 bits per heavy atom. The van der Waals surface area contributed by atoms with E-state index in [1.807, 2.05) is 0 Å². The smallest absolute Gasteiger partial charge is 0.305 e. The molecule has 0 aromatic carbocycles. The van der Waals surface area contributed by atoms with Gasteiger partial charge in [0.2, 0.25) is 11.8 Å². The van der Waals surface area contributed by atoms with Crippen LogP contribution in [0.2, 0.25) is 0 Å². The lowest BCUT2D eigenvalue weighted by molar-refractivity contribution is -0.139. The zero-order chi connectivity index (χ0) is 17.9. The van der Waals surface area contributed by atoms with Gasteiger partial charge in [-0.05, 0) is 25.7 Å². The van der Waals surface area contributed by atoms with Crippen LogP contribution in [0.1, 0.15) is 32.1 Å². The van der Waals surface area contributed by atoms with Crippen molar-refractivity contribution in [3.8, 4) is 0 Å². The van der Waals surface area contributed by atoms with Gasteiger partial charge in [0.25, 0.3) is 0 Å². The summed E-state index contributed by atoms with van der Waals surface area (Å²) in [5, 5.41) is 11.6. The van der Waals surface area contributed by atoms with Crippen LogP contribution in [0.3, 0.4) is 0 Å². The van der Waals surface area contributed by atoms with Gasteiger partial charge < -0.3 is 24.8 Å². The van der Waals surface area contributed by atoms with Gasteiger partial charge in [0.15, 0.2) is 0 Å². The van der Waals surface area contributed by atoms with Gasteiger partial charge in [0, 0.05) is 32.7 Å². The number of carboxylic acid groups (broad SMARTS) is 1. The third-order valence-electron chi connectivity index (χ3n) is 4.14. The molecule has 1 fully saturated rings. The standard InChI is InChI=1S/C16H28N2O6/c1-18(8-7-15(20)21)16(22)12-3-5-13(6-4-12)17-14(19)11-24-10-9-23-2/h12-13H,3-11H2,1-2H3,(H,17,19)(H,20,21). The van der Waals surface area contributed by atoms with Crippen molar-refractivity contribution in [1.82, 2.24) is 10.2 Å². The van der Waals surface area contributed by atoms with E-state index >= 15 is 0 Å². The van der Waals surface area contributed by atoms with Crippen molar-refractivity contribution in [3.63, 3.8) is 0 Å².